The highest BCUT2D eigenvalue weighted by Gasteiger charge is 2.12. The van der Waals surface area contributed by atoms with Gasteiger partial charge in [0.1, 0.15) is 0 Å². The van der Waals surface area contributed by atoms with Crippen molar-refractivity contribution in [1.82, 2.24) is 10.2 Å². The maximum atomic E-state index is 5.81. The highest BCUT2D eigenvalue weighted by atomic mass is 35.5. The monoisotopic (exact) mass is 234 g/mol. The second-order valence-corrected chi connectivity index (χ2v) is 4.64. The van der Waals surface area contributed by atoms with E-state index in [0.29, 0.717) is 12.0 Å². The van der Waals surface area contributed by atoms with Gasteiger partial charge in [0, 0.05) is 38.1 Å². The zero-order valence-electron chi connectivity index (χ0n) is 9.84. The molecule has 1 fully saturated rings. The van der Waals surface area contributed by atoms with Crippen molar-refractivity contribution in [2.75, 3.05) is 45.3 Å². The summed E-state index contributed by atoms with van der Waals surface area (Å²) in [5, 5.41) is 3.51. The number of nitrogens with zero attached hydrogens (tertiary/aromatic N) is 1. The predicted octanol–water partition coefficient (Wildman–Crippen LogP) is 1.17. The zero-order valence-corrected chi connectivity index (χ0v) is 10.6. The van der Waals surface area contributed by atoms with Crippen molar-refractivity contribution in [2.45, 2.75) is 19.9 Å². The molecule has 0 aromatic heterocycles. The number of morpholine rings is 1. The van der Waals surface area contributed by atoms with Gasteiger partial charge in [-0.15, -0.1) is 11.6 Å². The Bertz CT molecular complexity index is 161. The molecule has 1 aliphatic rings. The molecule has 1 rings (SSSR count). The van der Waals surface area contributed by atoms with Crippen LogP contribution in [0.5, 0.6) is 0 Å². The first-order chi connectivity index (χ1) is 7.24. The average Bonchev–Trinajstić information content (AvgIpc) is 2.29. The van der Waals surface area contributed by atoms with Crippen molar-refractivity contribution in [3.8, 4) is 0 Å². The molecule has 0 amide bonds. The molecular formula is C11H23ClN2O. The van der Waals surface area contributed by atoms with Crippen LogP contribution in [0, 0.1) is 5.92 Å². The third kappa shape index (κ3) is 5.16. The van der Waals surface area contributed by atoms with E-state index in [2.05, 4.69) is 24.1 Å². The minimum atomic E-state index is 0.503. The first-order valence-electron chi connectivity index (χ1n) is 5.83. The predicted molar refractivity (Wildman–Crippen MR) is 64.6 cm³/mol. The smallest absolute Gasteiger partial charge is 0.0594 e. The van der Waals surface area contributed by atoms with E-state index in [1.807, 2.05) is 0 Å². The lowest BCUT2D eigenvalue weighted by molar-refractivity contribution is 0.0380. The molecule has 90 valence electrons. The molecule has 2 unspecified atom stereocenters. The van der Waals surface area contributed by atoms with Gasteiger partial charge in [-0.3, -0.25) is 4.90 Å². The number of halogens is 1. The first kappa shape index (κ1) is 13.2. The molecule has 0 saturated carbocycles. The molecule has 1 saturated heterocycles. The second-order valence-electron chi connectivity index (χ2n) is 4.33. The van der Waals surface area contributed by atoms with E-state index in [1.165, 1.54) is 0 Å². The van der Waals surface area contributed by atoms with Crippen LogP contribution in [0.1, 0.15) is 13.8 Å². The molecule has 1 N–H and O–H groups in total. The van der Waals surface area contributed by atoms with E-state index in [1.54, 1.807) is 0 Å². The Kier molecular flexibility index (Phi) is 6.57. The quantitative estimate of drug-likeness (QED) is 0.699. The van der Waals surface area contributed by atoms with Crippen molar-refractivity contribution in [3.05, 3.63) is 0 Å². The molecule has 0 spiro atoms. The van der Waals surface area contributed by atoms with Gasteiger partial charge in [-0.1, -0.05) is 6.92 Å². The van der Waals surface area contributed by atoms with Crippen molar-refractivity contribution >= 4 is 11.6 Å². The third-order valence-electron chi connectivity index (χ3n) is 3.09. The van der Waals surface area contributed by atoms with Crippen molar-refractivity contribution in [2.24, 2.45) is 5.92 Å². The fourth-order valence-corrected chi connectivity index (χ4v) is 1.88. The summed E-state index contributed by atoms with van der Waals surface area (Å²) in [7, 11) is 0. The standard InChI is InChI=1S/C11H23ClN2O/c1-10(9-12)11(2)13-3-4-14-5-7-15-8-6-14/h10-11,13H,3-9H2,1-2H3. The van der Waals surface area contributed by atoms with E-state index in [9.17, 15) is 0 Å². The molecule has 15 heavy (non-hydrogen) atoms. The number of ether oxygens (including phenoxy) is 1. The van der Waals surface area contributed by atoms with Crippen LogP contribution in [-0.2, 0) is 4.74 Å². The van der Waals surface area contributed by atoms with Gasteiger partial charge in [-0.25, -0.2) is 0 Å². The Labute approximate surface area is 98.1 Å². The summed E-state index contributed by atoms with van der Waals surface area (Å²) in [4.78, 5) is 2.44. The van der Waals surface area contributed by atoms with E-state index < -0.39 is 0 Å². The Balaban J connectivity index is 2.04. The number of rotatable bonds is 6. The zero-order chi connectivity index (χ0) is 11.1. The van der Waals surface area contributed by atoms with Gasteiger partial charge in [0.25, 0.3) is 0 Å². The normalized spacial score (nSPS) is 22.6. The van der Waals surface area contributed by atoms with Gasteiger partial charge < -0.3 is 10.1 Å². The number of nitrogens with one attached hydrogen (secondary N) is 1. The van der Waals surface area contributed by atoms with Crippen molar-refractivity contribution in [1.29, 1.82) is 0 Å². The topological polar surface area (TPSA) is 24.5 Å². The van der Waals surface area contributed by atoms with Crippen molar-refractivity contribution < 1.29 is 4.74 Å². The van der Waals surface area contributed by atoms with E-state index in [-0.39, 0.29) is 0 Å². The Morgan fingerprint density at radius 2 is 2.00 bits per heavy atom. The fourth-order valence-electron chi connectivity index (χ4n) is 1.61. The maximum Gasteiger partial charge on any atom is 0.0594 e. The fraction of sp³-hybridized carbons (Fsp3) is 1.00. The molecule has 0 aliphatic carbocycles. The Morgan fingerprint density at radius 1 is 1.33 bits per heavy atom. The van der Waals surface area contributed by atoms with Crippen LogP contribution < -0.4 is 5.32 Å². The van der Waals surface area contributed by atoms with Gasteiger partial charge in [-0.2, -0.15) is 0 Å². The van der Waals surface area contributed by atoms with E-state index in [0.717, 1.165) is 45.3 Å². The van der Waals surface area contributed by atoms with Gasteiger partial charge in [0.2, 0.25) is 0 Å². The number of hydrogen-bond donors (Lipinski definition) is 1. The van der Waals surface area contributed by atoms with Crippen molar-refractivity contribution in [3.63, 3.8) is 0 Å². The molecule has 0 radical (unpaired) electrons. The summed E-state index contributed by atoms with van der Waals surface area (Å²) in [5.41, 5.74) is 0. The third-order valence-corrected chi connectivity index (χ3v) is 3.58. The minimum absolute atomic E-state index is 0.503. The highest BCUT2D eigenvalue weighted by molar-refractivity contribution is 6.18. The summed E-state index contributed by atoms with van der Waals surface area (Å²) < 4.78 is 5.30. The molecule has 4 heteroatoms. The van der Waals surface area contributed by atoms with Crippen LogP contribution in [0.15, 0.2) is 0 Å². The lowest BCUT2D eigenvalue weighted by Crippen LogP contribution is -2.43. The number of hydrogen-bond acceptors (Lipinski definition) is 3. The van der Waals surface area contributed by atoms with Crippen LogP contribution in [-0.4, -0.2) is 56.2 Å². The van der Waals surface area contributed by atoms with Gasteiger partial charge in [0.05, 0.1) is 13.2 Å². The highest BCUT2D eigenvalue weighted by Crippen LogP contribution is 2.04. The summed E-state index contributed by atoms with van der Waals surface area (Å²) in [6.07, 6.45) is 0. The summed E-state index contributed by atoms with van der Waals surface area (Å²) >= 11 is 5.81. The maximum absolute atomic E-state index is 5.81. The molecule has 1 aliphatic heterocycles. The first-order valence-corrected chi connectivity index (χ1v) is 6.37. The molecule has 3 nitrogen and oxygen atoms in total. The van der Waals surface area contributed by atoms with E-state index in [4.69, 9.17) is 16.3 Å². The van der Waals surface area contributed by atoms with Crippen LogP contribution in [0.2, 0.25) is 0 Å². The molecule has 0 bridgehead atoms. The van der Waals surface area contributed by atoms with Gasteiger partial charge in [-0.05, 0) is 12.8 Å². The van der Waals surface area contributed by atoms with Crippen LogP contribution >= 0.6 is 11.6 Å². The Morgan fingerprint density at radius 3 is 2.60 bits per heavy atom. The lowest BCUT2D eigenvalue weighted by atomic mass is 10.1. The summed E-state index contributed by atoms with van der Waals surface area (Å²) in [6.45, 7) is 10.4. The summed E-state index contributed by atoms with van der Waals surface area (Å²) in [6, 6.07) is 0.503. The molecule has 1 heterocycles. The number of alkyl halides is 1. The molecule has 2 atom stereocenters. The largest absolute Gasteiger partial charge is 0.379 e. The Hall–Kier alpha value is 0.170. The molecular weight excluding hydrogens is 212 g/mol. The second kappa shape index (κ2) is 7.44. The summed E-state index contributed by atoms with van der Waals surface area (Å²) in [5.74, 6) is 1.27. The van der Waals surface area contributed by atoms with Gasteiger partial charge >= 0.3 is 0 Å². The minimum Gasteiger partial charge on any atom is -0.379 e. The molecule has 0 aromatic rings. The van der Waals surface area contributed by atoms with Crippen LogP contribution in [0.3, 0.4) is 0 Å². The SMILES string of the molecule is CC(CCl)C(C)NCCN1CCOCC1. The van der Waals surface area contributed by atoms with Crippen LogP contribution in [0.4, 0.5) is 0 Å². The van der Waals surface area contributed by atoms with E-state index >= 15 is 0 Å². The van der Waals surface area contributed by atoms with Gasteiger partial charge in [0.15, 0.2) is 0 Å². The van der Waals surface area contributed by atoms with Crippen LogP contribution in [0.25, 0.3) is 0 Å². The lowest BCUT2D eigenvalue weighted by Gasteiger charge is -2.28. The molecule has 0 aromatic carbocycles. The average molecular weight is 235 g/mol.